The van der Waals surface area contributed by atoms with Gasteiger partial charge >= 0.3 is 0 Å². The number of aryl methyl sites for hydroxylation is 2. The predicted molar refractivity (Wildman–Crippen MR) is 71.0 cm³/mol. The van der Waals surface area contributed by atoms with Crippen molar-refractivity contribution in [3.05, 3.63) is 28.5 Å². The fourth-order valence-corrected chi connectivity index (χ4v) is 3.30. The van der Waals surface area contributed by atoms with Gasteiger partial charge in [0.1, 0.15) is 15.7 Å². The quantitative estimate of drug-likeness (QED) is 0.841. The molecular weight excluding hydrogens is 291 g/mol. The molecule has 0 fully saturated rings. The van der Waals surface area contributed by atoms with Crippen molar-refractivity contribution in [3.8, 4) is 0 Å². The number of nitrogen functional groups attached to an aromatic ring is 1. The van der Waals surface area contributed by atoms with Crippen molar-refractivity contribution in [1.82, 2.24) is 10.2 Å². The largest absolute Gasteiger partial charge is 0.398 e. The number of aromatic nitrogens is 2. The molecule has 3 N–H and O–H groups in total. The molecule has 0 atom stereocenters. The molecular formula is C10H11FN4O2S2. The third-order valence-corrected chi connectivity index (χ3v) is 4.60. The van der Waals surface area contributed by atoms with Gasteiger partial charge in [-0.15, -0.1) is 10.2 Å². The molecule has 19 heavy (non-hydrogen) atoms. The van der Waals surface area contributed by atoms with E-state index in [9.17, 15) is 12.8 Å². The molecule has 0 unspecified atom stereocenters. The van der Waals surface area contributed by atoms with E-state index >= 15 is 0 Å². The van der Waals surface area contributed by atoms with E-state index in [1.54, 1.807) is 13.8 Å². The van der Waals surface area contributed by atoms with Crippen LogP contribution in [0.2, 0.25) is 0 Å². The van der Waals surface area contributed by atoms with Crippen molar-refractivity contribution in [2.75, 3.05) is 10.5 Å². The third-order valence-electron chi connectivity index (χ3n) is 2.36. The molecule has 0 aliphatic carbocycles. The van der Waals surface area contributed by atoms with Gasteiger partial charge < -0.3 is 5.73 Å². The molecule has 0 radical (unpaired) electrons. The van der Waals surface area contributed by atoms with E-state index in [4.69, 9.17) is 5.73 Å². The van der Waals surface area contributed by atoms with Crippen molar-refractivity contribution < 1.29 is 12.8 Å². The van der Waals surface area contributed by atoms with Gasteiger partial charge in [-0.1, -0.05) is 11.3 Å². The number of sulfonamides is 1. The molecule has 0 aliphatic heterocycles. The van der Waals surface area contributed by atoms with Crippen LogP contribution in [0.5, 0.6) is 0 Å². The van der Waals surface area contributed by atoms with E-state index < -0.39 is 20.7 Å². The van der Waals surface area contributed by atoms with Crippen LogP contribution in [0.25, 0.3) is 0 Å². The molecule has 0 spiro atoms. The van der Waals surface area contributed by atoms with Gasteiger partial charge in [-0.25, -0.2) is 12.8 Å². The van der Waals surface area contributed by atoms with Crippen molar-refractivity contribution in [3.63, 3.8) is 0 Å². The summed E-state index contributed by atoms with van der Waals surface area (Å²) < 4.78 is 39.9. The second-order valence-electron chi connectivity index (χ2n) is 3.87. The monoisotopic (exact) mass is 302 g/mol. The predicted octanol–water partition coefficient (Wildman–Crippen LogP) is 1.68. The van der Waals surface area contributed by atoms with Crippen LogP contribution < -0.4 is 10.5 Å². The summed E-state index contributed by atoms with van der Waals surface area (Å²) >= 11 is 1.06. The fraction of sp³-hybridized carbons (Fsp3) is 0.200. The lowest BCUT2D eigenvalue weighted by Gasteiger charge is -2.08. The molecule has 1 heterocycles. The molecule has 2 aromatic rings. The molecule has 1 aromatic carbocycles. The highest BCUT2D eigenvalue weighted by molar-refractivity contribution is 7.93. The third kappa shape index (κ3) is 2.82. The molecule has 6 nitrogen and oxygen atoms in total. The molecule has 0 saturated heterocycles. The van der Waals surface area contributed by atoms with Crippen molar-refractivity contribution in [2.24, 2.45) is 0 Å². The summed E-state index contributed by atoms with van der Waals surface area (Å²) in [6, 6.07) is 2.16. The number of rotatable bonds is 3. The van der Waals surface area contributed by atoms with Crippen LogP contribution in [0, 0.1) is 19.7 Å². The zero-order chi connectivity index (χ0) is 14.2. The van der Waals surface area contributed by atoms with Gasteiger partial charge in [-0.2, -0.15) is 0 Å². The van der Waals surface area contributed by atoms with Crippen molar-refractivity contribution in [1.29, 1.82) is 0 Å². The Kier molecular flexibility index (Phi) is 3.42. The van der Waals surface area contributed by atoms with Gasteiger partial charge in [0, 0.05) is 5.69 Å². The number of nitrogens with two attached hydrogens (primary N) is 1. The van der Waals surface area contributed by atoms with E-state index in [1.165, 1.54) is 0 Å². The van der Waals surface area contributed by atoms with E-state index in [2.05, 4.69) is 14.9 Å². The summed E-state index contributed by atoms with van der Waals surface area (Å²) in [5, 5.41) is 7.97. The SMILES string of the molecule is Cc1nnc(NS(=O)(=O)c2cc(N)c(C)cc2F)s1. The molecule has 1 aromatic heterocycles. The summed E-state index contributed by atoms with van der Waals surface area (Å²) in [5.41, 5.74) is 6.28. The smallest absolute Gasteiger partial charge is 0.266 e. The number of benzene rings is 1. The van der Waals surface area contributed by atoms with Crippen molar-refractivity contribution in [2.45, 2.75) is 18.7 Å². The van der Waals surface area contributed by atoms with Crippen LogP contribution in [0.1, 0.15) is 10.6 Å². The lowest BCUT2D eigenvalue weighted by atomic mass is 10.2. The molecule has 0 amide bonds. The van der Waals surface area contributed by atoms with Gasteiger partial charge in [-0.3, -0.25) is 4.72 Å². The first-order valence-electron chi connectivity index (χ1n) is 5.18. The molecule has 102 valence electrons. The summed E-state index contributed by atoms with van der Waals surface area (Å²) in [7, 11) is -4.07. The summed E-state index contributed by atoms with van der Waals surface area (Å²) in [6.45, 7) is 3.27. The fourth-order valence-electron chi connectivity index (χ4n) is 1.38. The van der Waals surface area contributed by atoms with Gasteiger partial charge in [0.05, 0.1) is 0 Å². The number of hydrogen-bond acceptors (Lipinski definition) is 6. The minimum absolute atomic E-state index is 0.0797. The van der Waals surface area contributed by atoms with Crippen LogP contribution in [0.4, 0.5) is 15.2 Å². The zero-order valence-electron chi connectivity index (χ0n) is 10.1. The van der Waals surface area contributed by atoms with E-state index in [-0.39, 0.29) is 10.8 Å². The Bertz CT molecular complexity index is 727. The minimum atomic E-state index is -4.07. The Labute approximate surface area is 113 Å². The average Bonchev–Trinajstić information content (AvgIpc) is 2.68. The lowest BCUT2D eigenvalue weighted by molar-refractivity contribution is 0.570. The van der Waals surface area contributed by atoms with E-state index in [1.807, 2.05) is 0 Å². The van der Waals surface area contributed by atoms with E-state index in [0.717, 1.165) is 23.5 Å². The number of hydrogen-bond donors (Lipinski definition) is 2. The lowest BCUT2D eigenvalue weighted by Crippen LogP contribution is -2.15. The van der Waals surface area contributed by atoms with Crippen LogP contribution in [0.15, 0.2) is 17.0 Å². The Morgan fingerprint density at radius 2 is 2.00 bits per heavy atom. The minimum Gasteiger partial charge on any atom is -0.398 e. The van der Waals surface area contributed by atoms with Crippen LogP contribution >= 0.6 is 11.3 Å². The normalized spacial score (nSPS) is 11.5. The zero-order valence-corrected chi connectivity index (χ0v) is 11.8. The Hall–Kier alpha value is -1.74. The number of halogens is 1. The summed E-state index contributed by atoms with van der Waals surface area (Å²) in [6.07, 6.45) is 0. The molecule has 9 heteroatoms. The standard InChI is InChI=1S/C10H11FN4O2S2/c1-5-3-7(11)9(4-8(5)12)19(16,17)15-10-14-13-6(2)18-10/h3-4H,12H2,1-2H3,(H,14,15). The second-order valence-corrected chi connectivity index (χ2v) is 6.70. The van der Waals surface area contributed by atoms with Gasteiger partial charge in [0.15, 0.2) is 0 Å². The van der Waals surface area contributed by atoms with Gasteiger partial charge in [-0.05, 0) is 31.5 Å². The molecule has 0 saturated carbocycles. The molecule has 2 rings (SSSR count). The Balaban J connectivity index is 2.42. The maximum Gasteiger partial charge on any atom is 0.266 e. The maximum atomic E-state index is 13.7. The highest BCUT2D eigenvalue weighted by Crippen LogP contribution is 2.24. The first-order chi connectivity index (χ1) is 8.79. The number of anilines is 2. The average molecular weight is 302 g/mol. The number of nitrogens with one attached hydrogen (secondary N) is 1. The Morgan fingerprint density at radius 1 is 1.32 bits per heavy atom. The molecule has 0 aliphatic rings. The first kappa shape index (κ1) is 13.7. The van der Waals surface area contributed by atoms with Crippen molar-refractivity contribution >= 4 is 32.2 Å². The summed E-state index contributed by atoms with van der Waals surface area (Å²) in [5.74, 6) is -0.861. The van der Waals surface area contributed by atoms with Crippen LogP contribution in [0.3, 0.4) is 0 Å². The summed E-state index contributed by atoms with van der Waals surface area (Å²) in [4.78, 5) is -0.511. The second kappa shape index (κ2) is 4.74. The molecule has 0 bridgehead atoms. The van der Waals surface area contributed by atoms with Crippen LogP contribution in [-0.4, -0.2) is 18.6 Å². The van der Waals surface area contributed by atoms with Gasteiger partial charge in [0.2, 0.25) is 5.13 Å². The van der Waals surface area contributed by atoms with E-state index in [0.29, 0.717) is 10.6 Å². The maximum absolute atomic E-state index is 13.7. The first-order valence-corrected chi connectivity index (χ1v) is 7.48. The highest BCUT2D eigenvalue weighted by atomic mass is 32.2. The highest BCUT2D eigenvalue weighted by Gasteiger charge is 2.22. The van der Waals surface area contributed by atoms with Crippen LogP contribution in [-0.2, 0) is 10.0 Å². The van der Waals surface area contributed by atoms with Gasteiger partial charge in [0.25, 0.3) is 10.0 Å². The Morgan fingerprint density at radius 3 is 2.58 bits per heavy atom. The number of nitrogens with zero attached hydrogens (tertiary/aromatic N) is 2. The topological polar surface area (TPSA) is 98.0 Å².